The van der Waals surface area contributed by atoms with E-state index in [1.165, 1.54) is 26.8 Å². The van der Waals surface area contributed by atoms with Crippen molar-refractivity contribution in [3.8, 4) is 0 Å². The fourth-order valence-corrected chi connectivity index (χ4v) is 11.1. The lowest BCUT2D eigenvalue weighted by Gasteiger charge is -2.65. The van der Waals surface area contributed by atoms with Gasteiger partial charge in [0.15, 0.2) is 24.3 Å². The normalized spacial score (nSPS) is 44.9. The van der Waals surface area contributed by atoms with E-state index in [9.17, 15) is 44.7 Å². The SMILES string of the molecule is CC(=O)OC1C(OC2CC3(C)C4CC=C5C(CC(O)C(O)C5(C)C)C4(C)C(=O)CC3(C)C2C(C)(O)C(=O)C=CC(C)(C)O)OC(C)C(O)C1OC(C)=O. The Labute approximate surface area is 312 Å². The monoisotopic (exact) mass is 748 g/mol. The Morgan fingerprint density at radius 2 is 1.53 bits per heavy atom. The van der Waals surface area contributed by atoms with Gasteiger partial charge in [-0.3, -0.25) is 19.2 Å². The number of aliphatic hydroxyl groups is 5. The molecular formula is C40H60O13. The zero-order valence-electron chi connectivity index (χ0n) is 32.9. The smallest absolute Gasteiger partial charge is 0.303 e. The molecule has 1 saturated heterocycles. The summed E-state index contributed by atoms with van der Waals surface area (Å²) in [5.74, 6) is -4.09. The topological polar surface area (TPSA) is 206 Å². The second-order valence-electron chi connectivity index (χ2n) is 18.4. The molecular weight excluding hydrogens is 688 g/mol. The summed E-state index contributed by atoms with van der Waals surface area (Å²) in [6.07, 6.45) is -4.30. The molecule has 0 aromatic rings. The van der Waals surface area contributed by atoms with Crippen LogP contribution in [0.4, 0.5) is 0 Å². The van der Waals surface area contributed by atoms with Crippen molar-refractivity contribution >= 4 is 23.5 Å². The predicted octanol–water partition coefficient (Wildman–Crippen LogP) is 2.71. The van der Waals surface area contributed by atoms with Crippen LogP contribution in [0.2, 0.25) is 0 Å². The second-order valence-corrected chi connectivity index (χ2v) is 18.4. The minimum absolute atomic E-state index is 0.0490. The number of esters is 2. The van der Waals surface area contributed by atoms with E-state index in [0.29, 0.717) is 6.42 Å². The van der Waals surface area contributed by atoms with E-state index in [4.69, 9.17) is 18.9 Å². The standard InChI is InChI=1S/C40H60O13/c1-19-29(46)30(51-20(2)41)31(52-21(3)42)34(50-19)53-25-17-37(8)26-13-12-22-23(16-24(43)33(47)36(22,6)7)39(26,10)28(45)18-38(37,9)32(25)40(11,49)27(44)14-15-35(4,5)48/h12,14-15,19,23-26,29-34,43,46-49H,13,16-18H2,1-11H3. The molecule has 13 heteroatoms. The number of carbonyl (C=O) groups is 4. The molecule has 4 aliphatic carbocycles. The average Bonchev–Trinajstić information content (AvgIpc) is 3.25. The number of rotatable bonds is 8. The maximum Gasteiger partial charge on any atom is 0.303 e. The Morgan fingerprint density at radius 3 is 2.09 bits per heavy atom. The van der Waals surface area contributed by atoms with Gasteiger partial charge >= 0.3 is 11.9 Å². The van der Waals surface area contributed by atoms with E-state index in [1.54, 1.807) is 6.92 Å². The highest BCUT2D eigenvalue weighted by Crippen LogP contribution is 2.74. The van der Waals surface area contributed by atoms with Crippen LogP contribution in [-0.4, -0.2) is 109 Å². The molecule has 1 heterocycles. The first kappa shape index (κ1) is 41.6. The number of hydrogen-bond acceptors (Lipinski definition) is 13. The third-order valence-corrected chi connectivity index (χ3v) is 14.0. The molecule has 5 N–H and O–H groups in total. The highest BCUT2D eigenvalue weighted by atomic mass is 16.7. The fourth-order valence-electron chi connectivity index (χ4n) is 11.1. The van der Waals surface area contributed by atoms with Gasteiger partial charge in [0.1, 0.15) is 17.5 Å². The number of Topliss-reactive ketones (excluding diaryl/α,β-unsaturated/α-hetero) is 1. The number of ketones is 2. The van der Waals surface area contributed by atoms with Gasteiger partial charge in [0.25, 0.3) is 0 Å². The molecule has 15 unspecified atom stereocenters. The summed E-state index contributed by atoms with van der Waals surface area (Å²) in [5, 5.41) is 55.9. The van der Waals surface area contributed by atoms with Crippen LogP contribution < -0.4 is 0 Å². The van der Waals surface area contributed by atoms with Crippen LogP contribution in [0.3, 0.4) is 0 Å². The fraction of sp³-hybridized carbons (Fsp3) is 0.800. The molecule has 13 nitrogen and oxygen atoms in total. The van der Waals surface area contributed by atoms with Gasteiger partial charge in [0.2, 0.25) is 0 Å². The van der Waals surface area contributed by atoms with Crippen LogP contribution in [0.1, 0.15) is 102 Å². The summed E-state index contributed by atoms with van der Waals surface area (Å²) in [6, 6.07) is 0. The van der Waals surface area contributed by atoms with Crippen molar-refractivity contribution in [2.45, 2.75) is 162 Å². The zero-order valence-corrected chi connectivity index (χ0v) is 32.9. The summed E-state index contributed by atoms with van der Waals surface area (Å²) in [7, 11) is 0. The third kappa shape index (κ3) is 6.65. The first-order chi connectivity index (χ1) is 24.1. The van der Waals surface area contributed by atoms with Crippen molar-refractivity contribution < 1.29 is 63.7 Å². The quantitative estimate of drug-likeness (QED) is 0.138. The van der Waals surface area contributed by atoms with Gasteiger partial charge < -0.3 is 44.5 Å². The Hall–Kier alpha value is -2.52. The van der Waals surface area contributed by atoms with E-state index in [1.807, 2.05) is 34.6 Å². The van der Waals surface area contributed by atoms with Gasteiger partial charge in [-0.1, -0.05) is 52.3 Å². The van der Waals surface area contributed by atoms with Gasteiger partial charge in [-0.25, -0.2) is 0 Å². The average molecular weight is 749 g/mol. The molecule has 5 rings (SSSR count). The van der Waals surface area contributed by atoms with Crippen LogP contribution in [0.25, 0.3) is 0 Å². The highest BCUT2D eigenvalue weighted by molar-refractivity contribution is 5.97. The van der Waals surface area contributed by atoms with Crippen molar-refractivity contribution in [2.75, 3.05) is 0 Å². The first-order valence-corrected chi connectivity index (χ1v) is 18.8. The van der Waals surface area contributed by atoms with Crippen molar-refractivity contribution in [3.05, 3.63) is 23.8 Å². The van der Waals surface area contributed by atoms with E-state index < -0.39 is 106 Å². The molecule has 298 valence electrons. The van der Waals surface area contributed by atoms with Crippen LogP contribution in [-0.2, 0) is 38.1 Å². The molecule has 0 spiro atoms. The lowest BCUT2D eigenvalue weighted by atomic mass is 9.38. The molecule has 1 aliphatic heterocycles. The van der Waals surface area contributed by atoms with E-state index in [-0.39, 0.29) is 36.9 Å². The van der Waals surface area contributed by atoms with Gasteiger partial charge in [-0.2, -0.15) is 0 Å². The number of carbonyl (C=O) groups excluding carboxylic acids is 4. The van der Waals surface area contributed by atoms with E-state index >= 15 is 0 Å². The highest BCUT2D eigenvalue weighted by Gasteiger charge is 2.75. The largest absolute Gasteiger partial charge is 0.455 e. The maximum absolute atomic E-state index is 14.9. The van der Waals surface area contributed by atoms with Crippen LogP contribution in [0, 0.1) is 39.4 Å². The van der Waals surface area contributed by atoms with Crippen molar-refractivity contribution in [1.29, 1.82) is 0 Å². The summed E-state index contributed by atoms with van der Waals surface area (Å²) >= 11 is 0. The van der Waals surface area contributed by atoms with Gasteiger partial charge in [-0.15, -0.1) is 0 Å². The lowest BCUT2D eigenvalue weighted by Crippen LogP contribution is -2.66. The minimum atomic E-state index is -2.16. The molecule has 15 atom stereocenters. The molecule has 53 heavy (non-hydrogen) atoms. The molecule has 0 bridgehead atoms. The van der Waals surface area contributed by atoms with Crippen LogP contribution >= 0.6 is 0 Å². The molecule has 0 aromatic carbocycles. The second kappa shape index (κ2) is 13.6. The molecule has 3 saturated carbocycles. The van der Waals surface area contributed by atoms with E-state index in [2.05, 4.69) is 6.08 Å². The molecule has 0 amide bonds. The number of fused-ring (bicyclic) bond motifs is 5. The Balaban J connectivity index is 1.65. The molecule has 0 aromatic heterocycles. The molecule has 5 aliphatic rings. The Kier molecular flexibility index (Phi) is 10.7. The Bertz CT molecular complexity index is 1560. The van der Waals surface area contributed by atoms with Crippen molar-refractivity contribution in [3.63, 3.8) is 0 Å². The zero-order chi connectivity index (χ0) is 40.0. The number of allylic oxidation sites excluding steroid dienone is 1. The van der Waals surface area contributed by atoms with E-state index in [0.717, 1.165) is 25.5 Å². The minimum Gasteiger partial charge on any atom is -0.455 e. The predicted molar refractivity (Wildman–Crippen MR) is 190 cm³/mol. The maximum atomic E-state index is 14.9. The Morgan fingerprint density at radius 1 is 0.943 bits per heavy atom. The van der Waals surface area contributed by atoms with Crippen LogP contribution in [0.5, 0.6) is 0 Å². The summed E-state index contributed by atoms with van der Waals surface area (Å²) in [4.78, 5) is 53.5. The summed E-state index contributed by atoms with van der Waals surface area (Å²) in [6.45, 7) is 17.8. The summed E-state index contributed by atoms with van der Waals surface area (Å²) in [5.41, 5.74) is -6.25. The first-order valence-electron chi connectivity index (χ1n) is 18.8. The third-order valence-electron chi connectivity index (χ3n) is 14.0. The number of aliphatic hydroxyl groups excluding tert-OH is 3. The lowest BCUT2D eigenvalue weighted by molar-refractivity contribution is -0.314. The summed E-state index contributed by atoms with van der Waals surface area (Å²) < 4.78 is 23.9. The van der Waals surface area contributed by atoms with Crippen molar-refractivity contribution in [2.24, 2.45) is 39.4 Å². The number of hydrogen-bond donors (Lipinski definition) is 5. The van der Waals surface area contributed by atoms with Gasteiger partial charge in [0.05, 0.1) is 30.0 Å². The van der Waals surface area contributed by atoms with Gasteiger partial charge in [0, 0.05) is 37.0 Å². The van der Waals surface area contributed by atoms with Crippen LogP contribution in [0.15, 0.2) is 23.8 Å². The molecule has 0 radical (unpaired) electrons. The van der Waals surface area contributed by atoms with Crippen molar-refractivity contribution in [1.82, 2.24) is 0 Å². The molecule has 4 fully saturated rings. The number of ether oxygens (including phenoxy) is 4. The van der Waals surface area contributed by atoms with Gasteiger partial charge in [-0.05, 0) is 75.7 Å².